The molecule has 0 N–H and O–H groups in total. The molecule has 1 fully saturated rings. The van der Waals surface area contributed by atoms with Crippen LogP contribution in [0.4, 0.5) is 9.18 Å². The lowest BCUT2D eigenvalue weighted by molar-refractivity contribution is -0.154. The average molecular weight is 475 g/mol. The van der Waals surface area contributed by atoms with Crippen LogP contribution in [0.2, 0.25) is 5.02 Å². The van der Waals surface area contributed by atoms with Crippen LogP contribution in [0.15, 0.2) is 16.9 Å². The minimum Gasteiger partial charge on any atom is -0.468 e. The van der Waals surface area contributed by atoms with Crippen molar-refractivity contribution in [3.8, 4) is 0 Å². The van der Waals surface area contributed by atoms with Crippen LogP contribution in [-0.2, 0) is 19.7 Å². The number of fused-ring (bicyclic) bond motifs is 1. The van der Waals surface area contributed by atoms with E-state index in [9.17, 15) is 14.0 Å². The third-order valence-corrected chi connectivity index (χ3v) is 5.67. The Balaban J connectivity index is 2.06. The lowest BCUT2D eigenvalue weighted by atomic mass is 9.75. The Labute approximate surface area is 174 Å². The number of nitrogens with zero attached hydrogens (tertiary/aromatic N) is 3. The number of rotatable bonds is 2. The van der Waals surface area contributed by atoms with E-state index in [0.717, 1.165) is 0 Å². The lowest BCUT2D eigenvalue weighted by Crippen LogP contribution is -2.66. The van der Waals surface area contributed by atoms with Crippen molar-refractivity contribution < 1.29 is 23.5 Å². The predicted octanol–water partition coefficient (Wildman–Crippen LogP) is 3.85. The standard InChI is InChI=1S/C18H18BrClFN3O4/c1-17(2,3)28-16(26)24-6-18(7-24,15(25)27-4)14-9-5-10(20)11(19)12(21)13(9)22-8-23-14/h5,8H,6-7H2,1-4H3. The number of aromatic nitrogens is 2. The van der Waals surface area contributed by atoms with Gasteiger partial charge in [0.15, 0.2) is 5.82 Å². The fourth-order valence-corrected chi connectivity index (χ4v) is 3.61. The molecular weight excluding hydrogens is 457 g/mol. The van der Waals surface area contributed by atoms with Gasteiger partial charge in [-0.2, -0.15) is 0 Å². The maximum atomic E-state index is 14.6. The number of esters is 1. The fourth-order valence-electron chi connectivity index (χ4n) is 3.12. The van der Waals surface area contributed by atoms with Gasteiger partial charge in [0, 0.05) is 18.5 Å². The van der Waals surface area contributed by atoms with Gasteiger partial charge in [0.2, 0.25) is 0 Å². The minimum atomic E-state index is -1.27. The zero-order valence-corrected chi connectivity index (χ0v) is 18.0. The molecule has 1 amide bonds. The van der Waals surface area contributed by atoms with Crippen molar-refractivity contribution in [1.29, 1.82) is 0 Å². The highest BCUT2D eigenvalue weighted by Gasteiger charge is 2.56. The summed E-state index contributed by atoms with van der Waals surface area (Å²) < 4.78 is 25.0. The first-order valence-electron chi connectivity index (χ1n) is 8.35. The number of hydrogen-bond acceptors (Lipinski definition) is 6. The number of carbonyl (C=O) groups is 2. The van der Waals surface area contributed by atoms with Gasteiger partial charge < -0.3 is 14.4 Å². The van der Waals surface area contributed by atoms with Gasteiger partial charge in [-0.3, -0.25) is 4.79 Å². The van der Waals surface area contributed by atoms with Crippen LogP contribution in [0.25, 0.3) is 10.9 Å². The molecule has 3 rings (SSSR count). The Bertz CT molecular complexity index is 973. The van der Waals surface area contributed by atoms with Crippen LogP contribution in [0.1, 0.15) is 26.5 Å². The molecule has 0 atom stereocenters. The van der Waals surface area contributed by atoms with Crippen molar-refractivity contribution in [2.45, 2.75) is 31.8 Å². The van der Waals surface area contributed by atoms with Crippen molar-refractivity contribution in [3.05, 3.63) is 33.4 Å². The van der Waals surface area contributed by atoms with Crippen LogP contribution in [-0.4, -0.2) is 52.7 Å². The molecule has 7 nitrogen and oxygen atoms in total. The van der Waals surface area contributed by atoms with Crippen molar-refractivity contribution >= 4 is 50.5 Å². The topological polar surface area (TPSA) is 81.6 Å². The molecule has 150 valence electrons. The molecule has 1 aromatic carbocycles. The Kier molecular flexibility index (Phi) is 5.26. The summed E-state index contributed by atoms with van der Waals surface area (Å²) in [6.07, 6.45) is 0.611. The van der Waals surface area contributed by atoms with Gasteiger partial charge in [-0.15, -0.1) is 0 Å². The highest BCUT2D eigenvalue weighted by atomic mass is 79.9. The molecule has 2 heterocycles. The third kappa shape index (κ3) is 3.41. The van der Waals surface area contributed by atoms with E-state index in [0.29, 0.717) is 0 Å². The van der Waals surface area contributed by atoms with E-state index in [1.807, 2.05) is 0 Å². The molecule has 28 heavy (non-hydrogen) atoms. The number of ether oxygens (including phenoxy) is 2. The first-order chi connectivity index (χ1) is 13.0. The van der Waals surface area contributed by atoms with Gasteiger partial charge in [0.1, 0.15) is 22.9 Å². The Morgan fingerprint density at radius 3 is 2.54 bits per heavy atom. The lowest BCUT2D eigenvalue weighted by Gasteiger charge is -2.47. The van der Waals surface area contributed by atoms with Gasteiger partial charge >= 0.3 is 12.1 Å². The van der Waals surface area contributed by atoms with Crippen LogP contribution in [0.5, 0.6) is 0 Å². The summed E-state index contributed by atoms with van der Waals surface area (Å²) in [6.45, 7) is 5.21. The van der Waals surface area contributed by atoms with Crippen LogP contribution < -0.4 is 0 Å². The first-order valence-corrected chi connectivity index (χ1v) is 9.52. The molecule has 0 bridgehead atoms. The van der Waals surface area contributed by atoms with Gasteiger partial charge in [-0.05, 0) is 42.8 Å². The molecule has 1 saturated heterocycles. The number of likely N-dealkylation sites (tertiary alicyclic amines) is 1. The van der Waals surface area contributed by atoms with Crippen LogP contribution in [0, 0.1) is 5.82 Å². The molecule has 0 aliphatic carbocycles. The van der Waals surface area contributed by atoms with E-state index < -0.39 is 28.9 Å². The fraction of sp³-hybridized carbons (Fsp3) is 0.444. The first kappa shape index (κ1) is 20.7. The van der Waals surface area contributed by atoms with Crippen molar-refractivity contribution in [2.24, 2.45) is 0 Å². The molecule has 2 aromatic rings. The number of benzene rings is 1. The largest absolute Gasteiger partial charge is 0.468 e. The smallest absolute Gasteiger partial charge is 0.410 e. The molecule has 0 unspecified atom stereocenters. The molecule has 1 aliphatic rings. The van der Waals surface area contributed by atoms with E-state index >= 15 is 0 Å². The molecule has 1 aromatic heterocycles. The van der Waals surface area contributed by atoms with Gasteiger partial charge in [-0.1, -0.05) is 11.6 Å². The SMILES string of the molecule is COC(=O)C1(c2ncnc3c(F)c(Br)c(Cl)cc23)CN(C(=O)OC(C)(C)C)C1. The molecule has 0 spiro atoms. The summed E-state index contributed by atoms with van der Waals surface area (Å²) in [6, 6.07) is 1.49. The Morgan fingerprint density at radius 1 is 1.32 bits per heavy atom. The summed E-state index contributed by atoms with van der Waals surface area (Å²) in [4.78, 5) is 34.5. The van der Waals surface area contributed by atoms with Crippen molar-refractivity contribution in [3.63, 3.8) is 0 Å². The molecule has 1 aliphatic heterocycles. The number of methoxy groups -OCH3 is 1. The number of carbonyl (C=O) groups excluding carboxylic acids is 2. The van der Waals surface area contributed by atoms with Gasteiger partial charge in [0.05, 0.1) is 22.3 Å². The second kappa shape index (κ2) is 7.11. The van der Waals surface area contributed by atoms with E-state index in [4.69, 9.17) is 21.1 Å². The summed E-state index contributed by atoms with van der Waals surface area (Å²) in [5, 5.41) is 0.395. The van der Waals surface area contributed by atoms with E-state index in [-0.39, 0.29) is 39.2 Å². The second-order valence-corrected chi connectivity index (χ2v) is 8.72. The monoisotopic (exact) mass is 473 g/mol. The zero-order chi connectivity index (χ0) is 20.9. The normalized spacial score (nSPS) is 15.9. The van der Waals surface area contributed by atoms with E-state index in [1.54, 1.807) is 20.8 Å². The maximum absolute atomic E-state index is 14.6. The summed E-state index contributed by atoms with van der Waals surface area (Å²) >= 11 is 9.18. The third-order valence-electron chi connectivity index (χ3n) is 4.37. The summed E-state index contributed by atoms with van der Waals surface area (Å²) in [7, 11) is 1.24. The van der Waals surface area contributed by atoms with Crippen molar-refractivity contribution in [2.75, 3.05) is 20.2 Å². The Morgan fingerprint density at radius 2 is 1.96 bits per heavy atom. The maximum Gasteiger partial charge on any atom is 0.410 e. The number of hydrogen-bond donors (Lipinski definition) is 0. The molecule has 0 radical (unpaired) electrons. The number of halogens is 3. The molecule has 10 heteroatoms. The molecule has 0 saturated carbocycles. The Hall–Kier alpha value is -2.00. The molecular formula is C18H18BrClFN3O4. The predicted molar refractivity (Wildman–Crippen MR) is 104 cm³/mol. The van der Waals surface area contributed by atoms with Crippen LogP contribution in [0.3, 0.4) is 0 Å². The van der Waals surface area contributed by atoms with Gasteiger partial charge in [0.25, 0.3) is 0 Å². The summed E-state index contributed by atoms with van der Waals surface area (Å²) in [5.41, 5.74) is -1.68. The zero-order valence-electron chi connectivity index (χ0n) is 15.7. The quantitative estimate of drug-likeness (QED) is 0.486. The van der Waals surface area contributed by atoms with Gasteiger partial charge in [-0.25, -0.2) is 19.2 Å². The highest BCUT2D eigenvalue weighted by Crippen LogP contribution is 2.41. The van der Waals surface area contributed by atoms with Crippen molar-refractivity contribution in [1.82, 2.24) is 14.9 Å². The average Bonchev–Trinajstić information content (AvgIpc) is 2.57. The highest BCUT2D eigenvalue weighted by molar-refractivity contribution is 9.10. The minimum absolute atomic E-state index is 0.0141. The van der Waals surface area contributed by atoms with E-state index in [1.165, 1.54) is 24.4 Å². The van der Waals surface area contributed by atoms with Crippen LogP contribution >= 0.6 is 27.5 Å². The second-order valence-electron chi connectivity index (χ2n) is 7.51. The van der Waals surface area contributed by atoms with E-state index in [2.05, 4.69) is 25.9 Å². The summed E-state index contributed by atoms with van der Waals surface area (Å²) in [5.74, 6) is -1.25. The number of amides is 1.